The second kappa shape index (κ2) is 9.07. The molecule has 5 nitrogen and oxygen atoms in total. The first kappa shape index (κ1) is 22.4. The molecule has 1 N–H and O–H groups in total. The van der Waals surface area contributed by atoms with Crippen LogP contribution in [0.5, 0.6) is 0 Å². The van der Waals surface area contributed by atoms with Crippen LogP contribution in [0.25, 0.3) is 0 Å². The van der Waals surface area contributed by atoms with Crippen molar-refractivity contribution >= 4 is 33.2 Å². The number of nitrogens with one attached hydrogen (secondary N) is 1. The van der Waals surface area contributed by atoms with E-state index in [0.29, 0.717) is 13.1 Å². The number of halogens is 1. The van der Waals surface area contributed by atoms with Gasteiger partial charge in [0.2, 0.25) is 10.0 Å². The Kier molecular flexibility index (Phi) is 7.26. The largest absolute Gasteiger partial charge is 0.321 e. The molecule has 7 heteroatoms. The molecule has 2 rings (SSSR count). The van der Waals surface area contributed by atoms with Crippen molar-refractivity contribution < 1.29 is 13.2 Å². The van der Waals surface area contributed by atoms with Crippen molar-refractivity contribution in [2.75, 3.05) is 18.4 Å². The topological polar surface area (TPSA) is 66.5 Å². The lowest BCUT2D eigenvalue weighted by atomic mass is 9.98. The van der Waals surface area contributed by atoms with Gasteiger partial charge >= 0.3 is 0 Å². The highest BCUT2D eigenvalue weighted by atomic mass is 35.5. The number of sulfonamides is 1. The monoisotopic (exact) mass is 422 g/mol. The summed E-state index contributed by atoms with van der Waals surface area (Å²) in [6, 6.07) is 10.1. The maximum absolute atomic E-state index is 12.9. The van der Waals surface area contributed by atoms with Crippen LogP contribution < -0.4 is 5.32 Å². The molecule has 0 bridgehead atoms. The molecule has 0 atom stereocenters. The number of hydrogen-bond acceptors (Lipinski definition) is 3. The minimum atomic E-state index is -3.68. The highest BCUT2D eigenvalue weighted by Crippen LogP contribution is 2.29. The Morgan fingerprint density at radius 2 is 1.79 bits per heavy atom. The number of nitrogens with zero attached hydrogens (tertiary/aromatic N) is 1. The number of para-hydroxylation sites is 1. The summed E-state index contributed by atoms with van der Waals surface area (Å²) in [4.78, 5) is 13.0. The van der Waals surface area contributed by atoms with Crippen LogP contribution in [0.2, 0.25) is 5.02 Å². The van der Waals surface area contributed by atoms with Gasteiger partial charge in [-0.2, -0.15) is 4.31 Å². The highest BCUT2D eigenvalue weighted by Gasteiger charge is 2.24. The summed E-state index contributed by atoms with van der Waals surface area (Å²) in [5, 5.41) is 3.13. The number of hydrogen-bond donors (Lipinski definition) is 1. The van der Waals surface area contributed by atoms with Crippen molar-refractivity contribution in [1.29, 1.82) is 0 Å². The zero-order valence-electron chi connectivity index (χ0n) is 16.9. The third-order valence-electron chi connectivity index (χ3n) is 4.69. The zero-order valence-corrected chi connectivity index (χ0v) is 18.5. The standard InChI is InChI=1S/C21H27ClN2O3S/c1-6-24(7-2)28(26,27)16-11-12-19(22)18(13-16)21(25)23-20-15(5)9-8-10-17(20)14(3)4/h8-14H,6-7H2,1-5H3,(H,23,25). The van der Waals surface area contributed by atoms with Crippen LogP contribution in [0, 0.1) is 6.92 Å². The number of carbonyl (C=O) groups excluding carboxylic acids is 1. The summed E-state index contributed by atoms with van der Waals surface area (Å²) in [7, 11) is -3.68. The number of rotatable bonds is 7. The molecule has 0 unspecified atom stereocenters. The van der Waals surface area contributed by atoms with Crippen LogP contribution in [-0.4, -0.2) is 31.7 Å². The predicted octanol–water partition coefficient (Wildman–Crippen LogP) is 5.05. The maximum atomic E-state index is 12.9. The molecule has 0 aliphatic carbocycles. The summed E-state index contributed by atoms with van der Waals surface area (Å²) in [6.45, 7) is 10.3. The van der Waals surface area contributed by atoms with Crippen molar-refractivity contribution in [3.05, 3.63) is 58.1 Å². The Morgan fingerprint density at radius 1 is 1.14 bits per heavy atom. The molecule has 0 aliphatic rings. The van der Waals surface area contributed by atoms with Crippen molar-refractivity contribution in [1.82, 2.24) is 4.31 Å². The van der Waals surface area contributed by atoms with Crippen molar-refractivity contribution in [3.8, 4) is 0 Å². The molecule has 1 amide bonds. The Bertz CT molecular complexity index is 968. The van der Waals surface area contributed by atoms with Crippen LogP contribution in [0.3, 0.4) is 0 Å². The smallest absolute Gasteiger partial charge is 0.257 e. The molecule has 0 fully saturated rings. The number of benzene rings is 2. The molecular weight excluding hydrogens is 396 g/mol. The van der Waals surface area contributed by atoms with Gasteiger partial charge in [-0.05, 0) is 42.2 Å². The van der Waals surface area contributed by atoms with Gasteiger partial charge in [-0.1, -0.05) is 57.5 Å². The van der Waals surface area contributed by atoms with Gasteiger partial charge < -0.3 is 5.32 Å². The average Bonchev–Trinajstić information content (AvgIpc) is 2.64. The van der Waals surface area contributed by atoms with Crippen molar-refractivity contribution in [3.63, 3.8) is 0 Å². The first-order valence-electron chi connectivity index (χ1n) is 9.34. The molecule has 0 aliphatic heterocycles. The van der Waals surface area contributed by atoms with Gasteiger partial charge in [0.05, 0.1) is 15.5 Å². The first-order chi connectivity index (χ1) is 13.1. The van der Waals surface area contributed by atoms with E-state index in [-0.39, 0.29) is 21.4 Å². The van der Waals surface area contributed by atoms with Crippen LogP contribution in [0.4, 0.5) is 5.69 Å². The van der Waals surface area contributed by atoms with E-state index in [9.17, 15) is 13.2 Å². The summed E-state index contributed by atoms with van der Waals surface area (Å²) in [6.07, 6.45) is 0. The lowest BCUT2D eigenvalue weighted by Crippen LogP contribution is -2.30. The van der Waals surface area contributed by atoms with Gasteiger partial charge in [0.1, 0.15) is 0 Å². The normalized spacial score (nSPS) is 11.9. The first-order valence-corrected chi connectivity index (χ1v) is 11.2. The predicted molar refractivity (Wildman–Crippen MR) is 115 cm³/mol. The van der Waals surface area contributed by atoms with Gasteiger partial charge in [-0.25, -0.2) is 8.42 Å². The maximum Gasteiger partial charge on any atom is 0.257 e. The zero-order chi connectivity index (χ0) is 21.1. The molecule has 0 saturated heterocycles. The van der Waals surface area contributed by atoms with E-state index in [0.717, 1.165) is 16.8 Å². The van der Waals surface area contributed by atoms with Gasteiger partial charge in [0, 0.05) is 18.8 Å². The summed E-state index contributed by atoms with van der Waals surface area (Å²) in [5.74, 6) is -0.210. The average molecular weight is 423 g/mol. The number of amides is 1. The quantitative estimate of drug-likeness (QED) is 0.678. The lowest BCUT2D eigenvalue weighted by molar-refractivity contribution is 0.102. The van der Waals surface area contributed by atoms with Crippen LogP contribution in [0.15, 0.2) is 41.3 Å². The molecule has 2 aromatic carbocycles. The molecule has 0 heterocycles. The number of anilines is 1. The molecule has 0 aromatic heterocycles. The Hall–Kier alpha value is -1.89. The van der Waals surface area contributed by atoms with E-state index in [1.165, 1.54) is 22.5 Å². The summed E-state index contributed by atoms with van der Waals surface area (Å²) >= 11 is 6.23. The Morgan fingerprint density at radius 3 is 2.36 bits per heavy atom. The lowest BCUT2D eigenvalue weighted by Gasteiger charge is -2.20. The Labute approximate surface area is 172 Å². The minimum absolute atomic E-state index is 0.0552. The van der Waals surface area contributed by atoms with Crippen LogP contribution in [-0.2, 0) is 10.0 Å². The van der Waals surface area contributed by atoms with E-state index >= 15 is 0 Å². The fraction of sp³-hybridized carbons (Fsp3) is 0.381. The third-order valence-corrected chi connectivity index (χ3v) is 7.07. The molecule has 0 radical (unpaired) electrons. The van der Waals surface area contributed by atoms with Gasteiger partial charge in [0.15, 0.2) is 0 Å². The van der Waals surface area contributed by atoms with E-state index in [1.54, 1.807) is 13.8 Å². The Balaban J connectivity index is 2.46. The van der Waals surface area contributed by atoms with Gasteiger partial charge in [0.25, 0.3) is 5.91 Å². The van der Waals surface area contributed by atoms with Crippen molar-refractivity contribution in [2.24, 2.45) is 0 Å². The summed E-state index contributed by atoms with van der Waals surface area (Å²) in [5.41, 5.74) is 2.81. The van der Waals surface area contributed by atoms with E-state index in [4.69, 9.17) is 11.6 Å². The third kappa shape index (κ3) is 4.57. The highest BCUT2D eigenvalue weighted by molar-refractivity contribution is 7.89. The number of aryl methyl sites for hydroxylation is 1. The molecule has 0 spiro atoms. The fourth-order valence-electron chi connectivity index (χ4n) is 3.07. The second-order valence-electron chi connectivity index (χ2n) is 6.88. The van der Waals surface area contributed by atoms with Crippen LogP contribution in [0.1, 0.15) is 55.1 Å². The second-order valence-corrected chi connectivity index (χ2v) is 9.22. The molecule has 2 aromatic rings. The van der Waals surface area contributed by atoms with E-state index in [1.807, 2.05) is 25.1 Å². The van der Waals surface area contributed by atoms with Gasteiger partial charge in [-0.3, -0.25) is 4.79 Å². The number of carbonyl (C=O) groups is 1. The van der Waals surface area contributed by atoms with E-state index < -0.39 is 15.9 Å². The van der Waals surface area contributed by atoms with Crippen LogP contribution >= 0.6 is 11.6 Å². The summed E-state index contributed by atoms with van der Waals surface area (Å²) < 4.78 is 26.9. The fourth-order valence-corrected chi connectivity index (χ4v) is 4.76. The molecule has 152 valence electrons. The molecule has 0 saturated carbocycles. The minimum Gasteiger partial charge on any atom is -0.321 e. The molecular formula is C21H27ClN2O3S. The SMILES string of the molecule is CCN(CC)S(=O)(=O)c1ccc(Cl)c(C(=O)Nc2c(C)cccc2C(C)C)c1. The van der Waals surface area contributed by atoms with Gasteiger partial charge in [-0.15, -0.1) is 0 Å². The van der Waals surface area contributed by atoms with Crippen molar-refractivity contribution in [2.45, 2.75) is 45.4 Å². The molecule has 28 heavy (non-hydrogen) atoms. The van der Waals surface area contributed by atoms with E-state index in [2.05, 4.69) is 19.2 Å².